The number of nitrogens with one attached hydrogen (secondary N) is 1. The van der Waals surface area contributed by atoms with Crippen molar-refractivity contribution in [3.05, 3.63) is 0 Å². The van der Waals surface area contributed by atoms with Crippen molar-refractivity contribution in [3.63, 3.8) is 0 Å². The summed E-state index contributed by atoms with van der Waals surface area (Å²) >= 11 is 0. The third-order valence-corrected chi connectivity index (χ3v) is 2.32. The SMILES string of the molecule is CC(C)(O)CNC(=O)N1CCCCC1. The summed E-state index contributed by atoms with van der Waals surface area (Å²) in [4.78, 5) is 13.4. The lowest BCUT2D eigenvalue weighted by atomic mass is 10.1. The van der Waals surface area contributed by atoms with Crippen LogP contribution in [0, 0.1) is 0 Å². The molecule has 0 aromatic heterocycles. The highest BCUT2D eigenvalue weighted by Crippen LogP contribution is 2.08. The first-order valence-electron chi connectivity index (χ1n) is 5.24. The number of aliphatic hydroxyl groups is 1. The molecule has 4 heteroatoms. The number of carbonyl (C=O) groups is 1. The van der Waals surface area contributed by atoms with E-state index in [9.17, 15) is 9.90 Å². The summed E-state index contributed by atoms with van der Waals surface area (Å²) < 4.78 is 0. The van der Waals surface area contributed by atoms with Gasteiger partial charge in [-0.1, -0.05) is 0 Å². The summed E-state index contributed by atoms with van der Waals surface area (Å²) in [6.45, 7) is 5.37. The number of carbonyl (C=O) groups excluding carboxylic acids is 1. The summed E-state index contributed by atoms with van der Waals surface area (Å²) in [5.74, 6) is 0. The van der Waals surface area contributed by atoms with Gasteiger partial charge in [0.05, 0.1) is 5.60 Å². The van der Waals surface area contributed by atoms with Gasteiger partial charge in [0.1, 0.15) is 0 Å². The lowest BCUT2D eigenvalue weighted by molar-refractivity contribution is 0.0790. The van der Waals surface area contributed by atoms with Crippen LogP contribution in [0.5, 0.6) is 0 Å². The number of hydrogen-bond donors (Lipinski definition) is 2. The Balaban J connectivity index is 2.27. The molecule has 0 unspecified atom stereocenters. The van der Waals surface area contributed by atoms with Crippen LogP contribution < -0.4 is 5.32 Å². The van der Waals surface area contributed by atoms with Crippen LogP contribution in [0.4, 0.5) is 4.79 Å². The monoisotopic (exact) mass is 200 g/mol. The van der Waals surface area contributed by atoms with E-state index in [0.717, 1.165) is 25.9 Å². The Bertz CT molecular complexity index is 193. The van der Waals surface area contributed by atoms with Crippen molar-refractivity contribution in [2.45, 2.75) is 38.7 Å². The fourth-order valence-corrected chi connectivity index (χ4v) is 1.50. The average molecular weight is 200 g/mol. The number of likely N-dealkylation sites (tertiary alicyclic amines) is 1. The molecule has 4 nitrogen and oxygen atoms in total. The molecule has 1 fully saturated rings. The van der Waals surface area contributed by atoms with E-state index in [1.54, 1.807) is 13.8 Å². The molecular weight excluding hydrogens is 180 g/mol. The maximum atomic E-state index is 11.5. The first kappa shape index (κ1) is 11.3. The molecule has 1 heterocycles. The van der Waals surface area contributed by atoms with Crippen LogP contribution >= 0.6 is 0 Å². The van der Waals surface area contributed by atoms with Gasteiger partial charge in [0.2, 0.25) is 0 Å². The molecule has 0 radical (unpaired) electrons. The first-order chi connectivity index (χ1) is 6.49. The molecule has 1 aliphatic rings. The molecule has 0 saturated carbocycles. The van der Waals surface area contributed by atoms with Gasteiger partial charge in [0, 0.05) is 19.6 Å². The summed E-state index contributed by atoms with van der Waals surface area (Å²) in [5.41, 5.74) is -0.828. The Morgan fingerprint density at radius 1 is 1.36 bits per heavy atom. The van der Waals surface area contributed by atoms with Crippen LogP contribution in [0.15, 0.2) is 0 Å². The molecule has 0 aliphatic carbocycles. The molecule has 0 aromatic carbocycles. The van der Waals surface area contributed by atoms with Gasteiger partial charge < -0.3 is 15.3 Å². The van der Waals surface area contributed by atoms with Crippen LogP contribution in [0.2, 0.25) is 0 Å². The Morgan fingerprint density at radius 2 is 1.93 bits per heavy atom. The van der Waals surface area contributed by atoms with E-state index < -0.39 is 5.60 Å². The van der Waals surface area contributed by atoms with Gasteiger partial charge in [-0.05, 0) is 33.1 Å². The number of rotatable bonds is 2. The van der Waals surface area contributed by atoms with Gasteiger partial charge in [0.15, 0.2) is 0 Å². The largest absolute Gasteiger partial charge is 0.389 e. The molecule has 82 valence electrons. The molecular formula is C10H20N2O2. The third kappa shape index (κ3) is 3.96. The fraction of sp³-hybridized carbons (Fsp3) is 0.900. The molecule has 0 aromatic rings. The van der Waals surface area contributed by atoms with Gasteiger partial charge >= 0.3 is 6.03 Å². The van der Waals surface area contributed by atoms with Crippen LogP contribution in [-0.4, -0.2) is 41.3 Å². The minimum absolute atomic E-state index is 0.0492. The van der Waals surface area contributed by atoms with Gasteiger partial charge in [-0.3, -0.25) is 0 Å². The van der Waals surface area contributed by atoms with E-state index in [1.165, 1.54) is 6.42 Å². The van der Waals surface area contributed by atoms with E-state index in [1.807, 2.05) is 4.90 Å². The topological polar surface area (TPSA) is 52.6 Å². The van der Waals surface area contributed by atoms with Crippen molar-refractivity contribution in [2.24, 2.45) is 0 Å². The summed E-state index contributed by atoms with van der Waals surface area (Å²) in [6, 6.07) is -0.0492. The zero-order valence-corrected chi connectivity index (χ0v) is 9.05. The molecule has 0 atom stereocenters. The van der Waals surface area contributed by atoms with E-state index in [4.69, 9.17) is 0 Å². The second-order valence-electron chi connectivity index (χ2n) is 4.52. The Morgan fingerprint density at radius 3 is 2.43 bits per heavy atom. The molecule has 14 heavy (non-hydrogen) atoms. The highest BCUT2D eigenvalue weighted by atomic mass is 16.3. The van der Waals surface area contributed by atoms with Crippen molar-refractivity contribution in [2.75, 3.05) is 19.6 Å². The normalized spacial score (nSPS) is 18.1. The number of nitrogens with zero attached hydrogens (tertiary/aromatic N) is 1. The van der Waals surface area contributed by atoms with Crippen LogP contribution in [0.1, 0.15) is 33.1 Å². The number of amides is 2. The lowest BCUT2D eigenvalue weighted by Crippen LogP contribution is -2.47. The third-order valence-electron chi connectivity index (χ3n) is 2.32. The fourth-order valence-electron chi connectivity index (χ4n) is 1.50. The smallest absolute Gasteiger partial charge is 0.317 e. The van der Waals surface area contributed by atoms with Crippen LogP contribution in [0.25, 0.3) is 0 Å². The van der Waals surface area contributed by atoms with Crippen molar-refractivity contribution in [1.29, 1.82) is 0 Å². The van der Waals surface area contributed by atoms with E-state index in [-0.39, 0.29) is 6.03 Å². The zero-order valence-electron chi connectivity index (χ0n) is 9.05. The highest BCUT2D eigenvalue weighted by molar-refractivity contribution is 5.74. The maximum Gasteiger partial charge on any atom is 0.317 e. The van der Waals surface area contributed by atoms with Crippen molar-refractivity contribution in [3.8, 4) is 0 Å². The molecule has 0 spiro atoms. The van der Waals surface area contributed by atoms with Gasteiger partial charge in [-0.2, -0.15) is 0 Å². The molecule has 0 bridgehead atoms. The van der Waals surface area contributed by atoms with Gasteiger partial charge in [-0.25, -0.2) is 4.79 Å². The predicted molar refractivity (Wildman–Crippen MR) is 55.1 cm³/mol. The van der Waals surface area contributed by atoms with Gasteiger partial charge in [-0.15, -0.1) is 0 Å². The number of hydrogen-bond acceptors (Lipinski definition) is 2. The Kier molecular flexibility index (Phi) is 3.75. The maximum absolute atomic E-state index is 11.5. The second-order valence-corrected chi connectivity index (χ2v) is 4.52. The summed E-state index contributed by atoms with van der Waals surface area (Å²) in [5, 5.41) is 12.2. The molecule has 1 saturated heterocycles. The highest BCUT2D eigenvalue weighted by Gasteiger charge is 2.19. The quantitative estimate of drug-likeness (QED) is 0.697. The van der Waals surface area contributed by atoms with Crippen LogP contribution in [-0.2, 0) is 0 Å². The second kappa shape index (κ2) is 4.64. The minimum atomic E-state index is -0.828. The van der Waals surface area contributed by atoms with Crippen molar-refractivity contribution >= 4 is 6.03 Å². The van der Waals surface area contributed by atoms with E-state index >= 15 is 0 Å². The van der Waals surface area contributed by atoms with E-state index in [2.05, 4.69) is 5.32 Å². The standard InChI is InChI=1S/C10H20N2O2/c1-10(2,14)8-11-9(13)12-6-4-3-5-7-12/h14H,3-8H2,1-2H3,(H,11,13). The first-order valence-corrected chi connectivity index (χ1v) is 5.24. The number of urea groups is 1. The minimum Gasteiger partial charge on any atom is -0.389 e. The van der Waals surface area contributed by atoms with Crippen molar-refractivity contribution in [1.82, 2.24) is 10.2 Å². The van der Waals surface area contributed by atoms with Crippen molar-refractivity contribution < 1.29 is 9.90 Å². The van der Waals surface area contributed by atoms with E-state index in [0.29, 0.717) is 6.54 Å². The average Bonchev–Trinajstić information content (AvgIpc) is 2.14. The molecule has 1 rings (SSSR count). The molecule has 2 N–H and O–H groups in total. The summed E-state index contributed by atoms with van der Waals surface area (Å²) in [6.07, 6.45) is 3.40. The van der Waals surface area contributed by atoms with Crippen LogP contribution in [0.3, 0.4) is 0 Å². The summed E-state index contributed by atoms with van der Waals surface area (Å²) in [7, 11) is 0. The predicted octanol–water partition coefficient (Wildman–Crippen LogP) is 0.953. The zero-order chi connectivity index (χ0) is 10.6. The molecule has 2 amide bonds. The Labute approximate surface area is 85.3 Å². The Hall–Kier alpha value is -0.770. The number of piperidine rings is 1. The molecule has 1 aliphatic heterocycles. The van der Waals surface area contributed by atoms with Gasteiger partial charge in [0.25, 0.3) is 0 Å². The lowest BCUT2D eigenvalue weighted by Gasteiger charge is -2.28.